The summed E-state index contributed by atoms with van der Waals surface area (Å²) in [5.74, 6) is -3.91. The largest absolute Gasteiger partial charge is 0.481 e. The van der Waals surface area contributed by atoms with E-state index in [0.717, 1.165) is 13.8 Å². The van der Waals surface area contributed by atoms with E-state index in [0.29, 0.717) is 0 Å². The smallest absolute Gasteiger partial charge is 0.401 e. The molecule has 0 aliphatic heterocycles. The molecule has 0 bridgehead atoms. The highest BCUT2D eigenvalue weighted by Gasteiger charge is 2.89. The van der Waals surface area contributed by atoms with Crippen molar-refractivity contribution < 1.29 is 31.9 Å². The van der Waals surface area contributed by atoms with Gasteiger partial charge in [0.25, 0.3) is 6.43 Å². The molecule has 2 atom stereocenters. The molecular weight excluding hydrogens is 223 g/mol. The van der Waals surface area contributed by atoms with Crippen LogP contribution in [0, 0.1) is 16.7 Å². The van der Waals surface area contributed by atoms with Crippen molar-refractivity contribution in [3.05, 3.63) is 0 Å². The summed E-state index contributed by atoms with van der Waals surface area (Å²) >= 11 is 0. The van der Waals surface area contributed by atoms with Gasteiger partial charge in [-0.1, -0.05) is 13.8 Å². The first-order valence-corrected chi connectivity index (χ1v) is 4.09. The van der Waals surface area contributed by atoms with E-state index in [1.54, 1.807) is 0 Å². The second kappa shape index (κ2) is 2.82. The third kappa shape index (κ3) is 1.18. The monoisotopic (exact) mass is 232 g/mol. The first kappa shape index (κ1) is 12.2. The molecule has 1 fully saturated rings. The minimum Gasteiger partial charge on any atom is -0.481 e. The molecule has 1 aliphatic carbocycles. The van der Waals surface area contributed by atoms with E-state index in [2.05, 4.69) is 0 Å². The quantitative estimate of drug-likeness (QED) is 0.743. The van der Waals surface area contributed by atoms with Gasteiger partial charge in [0.15, 0.2) is 0 Å². The summed E-state index contributed by atoms with van der Waals surface area (Å²) in [4.78, 5) is 10.5. The van der Waals surface area contributed by atoms with Crippen molar-refractivity contribution in [2.75, 3.05) is 0 Å². The van der Waals surface area contributed by atoms with Gasteiger partial charge in [-0.15, -0.1) is 0 Å². The van der Waals surface area contributed by atoms with Crippen molar-refractivity contribution in [1.29, 1.82) is 0 Å². The summed E-state index contributed by atoms with van der Waals surface area (Å²) < 4.78 is 62.5. The third-order valence-corrected chi connectivity index (χ3v) is 3.22. The number of alkyl halides is 5. The van der Waals surface area contributed by atoms with Crippen LogP contribution in [0.5, 0.6) is 0 Å². The molecule has 0 amide bonds. The minimum absolute atomic E-state index is 0.894. The molecule has 0 aromatic rings. The van der Waals surface area contributed by atoms with Crippen LogP contribution in [0.25, 0.3) is 0 Å². The van der Waals surface area contributed by atoms with Crippen LogP contribution >= 0.6 is 0 Å². The summed E-state index contributed by atoms with van der Waals surface area (Å²) in [5, 5.41) is 8.50. The van der Waals surface area contributed by atoms with Crippen molar-refractivity contribution >= 4 is 5.97 Å². The fraction of sp³-hybridized carbons (Fsp3) is 0.875. The van der Waals surface area contributed by atoms with E-state index in [4.69, 9.17) is 5.11 Å². The van der Waals surface area contributed by atoms with Crippen LogP contribution < -0.4 is 0 Å². The highest BCUT2D eigenvalue weighted by atomic mass is 19.4. The van der Waals surface area contributed by atoms with Crippen LogP contribution in [0.15, 0.2) is 0 Å². The van der Waals surface area contributed by atoms with E-state index >= 15 is 0 Å². The molecule has 1 aliphatic rings. The number of hydrogen-bond acceptors (Lipinski definition) is 1. The molecular formula is C8H9F5O2. The molecule has 1 N–H and O–H groups in total. The second-order valence-corrected chi connectivity index (χ2v) is 4.16. The molecule has 0 saturated heterocycles. The molecule has 1 saturated carbocycles. The summed E-state index contributed by atoms with van der Waals surface area (Å²) in [6.07, 6.45) is -8.94. The summed E-state index contributed by atoms with van der Waals surface area (Å²) in [6.45, 7) is 1.79. The molecule has 0 aromatic heterocycles. The van der Waals surface area contributed by atoms with Crippen LogP contribution in [0.2, 0.25) is 0 Å². The maximum Gasteiger partial charge on any atom is 0.401 e. The maximum absolute atomic E-state index is 12.5. The third-order valence-electron chi connectivity index (χ3n) is 3.22. The van der Waals surface area contributed by atoms with Crippen LogP contribution in [0.3, 0.4) is 0 Å². The standard InChI is InChI=1S/C8H9F5O2/c1-6(2)3(4(14)15)7(6,5(9)10)8(11,12)13/h3,5H,1-2H3,(H,14,15). The maximum atomic E-state index is 12.5. The van der Waals surface area contributed by atoms with Gasteiger partial charge < -0.3 is 5.11 Å². The molecule has 88 valence electrons. The predicted molar refractivity (Wildman–Crippen MR) is 39.4 cm³/mol. The lowest BCUT2D eigenvalue weighted by atomic mass is 9.96. The van der Waals surface area contributed by atoms with Crippen LogP contribution in [0.4, 0.5) is 22.0 Å². The van der Waals surface area contributed by atoms with E-state index in [-0.39, 0.29) is 0 Å². The van der Waals surface area contributed by atoms with E-state index < -0.39 is 35.3 Å². The van der Waals surface area contributed by atoms with Crippen molar-refractivity contribution in [2.24, 2.45) is 16.7 Å². The first-order chi connectivity index (χ1) is 6.51. The Morgan fingerprint density at radius 3 is 1.80 bits per heavy atom. The molecule has 0 spiro atoms. The molecule has 2 nitrogen and oxygen atoms in total. The lowest BCUT2D eigenvalue weighted by Crippen LogP contribution is -2.37. The van der Waals surface area contributed by atoms with Gasteiger partial charge in [-0.25, -0.2) is 8.78 Å². The topological polar surface area (TPSA) is 37.3 Å². The van der Waals surface area contributed by atoms with Gasteiger partial charge in [-0.2, -0.15) is 13.2 Å². The highest BCUT2D eigenvalue weighted by Crippen LogP contribution is 2.77. The number of aliphatic carboxylic acids is 1. The van der Waals surface area contributed by atoms with E-state index in [1.807, 2.05) is 0 Å². The van der Waals surface area contributed by atoms with E-state index in [1.165, 1.54) is 0 Å². The average Bonchev–Trinajstić information content (AvgIpc) is 2.46. The van der Waals surface area contributed by atoms with Crippen molar-refractivity contribution in [1.82, 2.24) is 0 Å². The average molecular weight is 232 g/mol. The molecule has 1 rings (SSSR count). The van der Waals surface area contributed by atoms with Crippen LogP contribution in [-0.2, 0) is 4.79 Å². The lowest BCUT2D eigenvalue weighted by Gasteiger charge is -2.22. The van der Waals surface area contributed by atoms with Gasteiger partial charge in [-0.3, -0.25) is 4.79 Å². The van der Waals surface area contributed by atoms with Gasteiger partial charge in [0.1, 0.15) is 5.41 Å². The number of carboxylic acids is 1. The van der Waals surface area contributed by atoms with Gasteiger partial charge in [0, 0.05) is 0 Å². The Balaban J connectivity index is 3.24. The fourth-order valence-corrected chi connectivity index (χ4v) is 2.36. The molecule has 15 heavy (non-hydrogen) atoms. The zero-order valence-corrected chi connectivity index (χ0v) is 7.90. The molecule has 0 heterocycles. The second-order valence-electron chi connectivity index (χ2n) is 4.16. The van der Waals surface area contributed by atoms with Crippen molar-refractivity contribution in [2.45, 2.75) is 26.4 Å². The Kier molecular flexibility index (Phi) is 2.30. The number of rotatable bonds is 2. The van der Waals surface area contributed by atoms with Crippen molar-refractivity contribution in [3.8, 4) is 0 Å². The highest BCUT2D eigenvalue weighted by molar-refractivity contribution is 5.77. The Morgan fingerprint density at radius 2 is 1.73 bits per heavy atom. The zero-order chi connectivity index (χ0) is 12.2. The summed E-state index contributed by atoms with van der Waals surface area (Å²) in [6, 6.07) is 0. The fourth-order valence-electron chi connectivity index (χ4n) is 2.36. The number of carbonyl (C=O) groups is 1. The molecule has 2 unspecified atom stereocenters. The van der Waals surface area contributed by atoms with Gasteiger partial charge in [-0.05, 0) is 5.41 Å². The molecule has 0 aromatic carbocycles. The number of carboxylic acid groups (broad SMARTS) is 1. The summed E-state index contributed by atoms with van der Waals surface area (Å²) in [7, 11) is 0. The zero-order valence-electron chi connectivity index (χ0n) is 7.90. The Bertz CT molecular complexity index is 296. The van der Waals surface area contributed by atoms with Gasteiger partial charge in [0.2, 0.25) is 0 Å². The van der Waals surface area contributed by atoms with Gasteiger partial charge in [0.05, 0.1) is 5.92 Å². The van der Waals surface area contributed by atoms with E-state index in [9.17, 15) is 26.7 Å². The van der Waals surface area contributed by atoms with Crippen molar-refractivity contribution in [3.63, 3.8) is 0 Å². The lowest BCUT2D eigenvalue weighted by molar-refractivity contribution is -0.237. The summed E-state index contributed by atoms with van der Waals surface area (Å²) in [5.41, 5.74) is -5.38. The first-order valence-electron chi connectivity index (χ1n) is 4.09. The normalized spacial score (nSPS) is 34.3. The number of halogens is 5. The van der Waals surface area contributed by atoms with Crippen LogP contribution in [0.1, 0.15) is 13.8 Å². The molecule has 0 radical (unpaired) electrons. The Morgan fingerprint density at radius 1 is 1.33 bits per heavy atom. The SMILES string of the molecule is CC1(C)C(C(=O)O)C1(C(F)F)C(F)(F)F. The Labute approximate surface area is 82.1 Å². The minimum atomic E-state index is -5.21. The molecule has 7 heteroatoms. The van der Waals surface area contributed by atoms with Gasteiger partial charge >= 0.3 is 12.1 Å². The van der Waals surface area contributed by atoms with Crippen LogP contribution in [-0.4, -0.2) is 23.7 Å². The Hall–Kier alpha value is -0.880. The predicted octanol–water partition coefficient (Wildman–Crippen LogP) is 2.54. The number of hydrogen-bond donors (Lipinski definition) is 1.